The van der Waals surface area contributed by atoms with Crippen LogP contribution in [-0.2, 0) is 6.42 Å². The van der Waals surface area contributed by atoms with E-state index in [1.165, 1.54) is 43.2 Å². The van der Waals surface area contributed by atoms with Crippen molar-refractivity contribution in [2.45, 2.75) is 70.4 Å². The second-order valence-corrected chi connectivity index (χ2v) is 6.38. The van der Waals surface area contributed by atoms with Crippen molar-refractivity contribution in [3.8, 4) is 0 Å². The number of hydrogen-bond acceptors (Lipinski definition) is 2. The normalized spacial score (nSPS) is 19.1. The number of hydrogen-bond donors (Lipinski definition) is 2. The smallest absolute Gasteiger partial charge is 0.0771 e. The third kappa shape index (κ3) is 4.32. The lowest BCUT2D eigenvalue weighted by Crippen LogP contribution is -2.39. The molecule has 0 aromatic heterocycles. The molecule has 1 aliphatic carbocycles. The van der Waals surface area contributed by atoms with Crippen LogP contribution in [0.25, 0.3) is 0 Å². The molecule has 2 nitrogen and oxygen atoms in total. The molecular formula is C18H29NO. The number of aliphatic hydroxyl groups is 1. The summed E-state index contributed by atoms with van der Waals surface area (Å²) in [4.78, 5) is 0. The lowest BCUT2D eigenvalue weighted by atomic mass is 10.00. The number of rotatable bonds is 7. The van der Waals surface area contributed by atoms with Crippen LogP contribution in [0.4, 0.5) is 0 Å². The third-order valence-corrected chi connectivity index (χ3v) is 4.57. The average Bonchev–Trinajstić information content (AvgIpc) is 2.90. The van der Waals surface area contributed by atoms with Gasteiger partial charge in [-0.15, -0.1) is 0 Å². The summed E-state index contributed by atoms with van der Waals surface area (Å²) in [6.07, 6.45) is 7.92. The largest absolute Gasteiger partial charge is 0.389 e. The van der Waals surface area contributed by atoms with Crippen LogP contribution in [0.3, 0.4) is 0 Å². The molecule has 0 saturated heterocycles. The first-order valence-corrected chi connectivity index (χ1v) is 8.17. The molecule has 0 spiro atoms. The standard InChI is InChI=1S/C18H29NO/c1-3-4-7-16-8-10-17(11-9-16)15(2)19-14-18(20)12-5-6-13-18/h8-11,15,19-20H,3-7,12-14H2,1-2H3. The van der Waals surface area contributed by atoms with Gasteiger partial charge in [0.05, 0.1) is 5.60 Å². The Balaban J connectivity index is 1.84. The van der Waals surface area contributed by atoms with Crippen molar-refractivity contribution < 1.29 is 5.11 Å². The van der Waals surface area contributed by atoms with Gasteiger partial charge in [-0.25, -0.2) is 0 Å². The first-order chi connectivity index (χ1) is 9.63. The van der Waals surface area contributed by atoms with E-state index in [1.807, 2.05) is 0 Å². The van der Waals surface area contributed by atoms with Crippen LogP contribution in [0.15, 0.2) is 24.3 Å². The SMILES string of the molecule is CCCCc1ccc(C(C)NCC2(O)CCCC2)cc1. The van der Waals surface area contributed by atoms with Crippen molar-refractivity contribution in [2.75, 3.05) is 6.54 Å². The van der Waals surface area contributed by atoms with E-state index in [0.717, 1.165) is 12.8 Å². The highest BCUT2D eigenvalue weighted by Crippen LogP contribution is 2.29. The first kappa shape index (κ1) is 15.5. The van der Waals surface area contributed by atoms with Crippen LogP contribution in [0.5, 0.6) is 0 Å². The molecule has 1 unspecified atom stereocenters. The molecule has 0 amide bonds. The van der Waals surface area contributed by atoms with E-state index in [1.54, 1.807) is 0 Å². The second-order valence-electron chi connectivity index (χ2n) is 6.38. The molecule has 0 heterocycles. The Morgan fingerprint density at radius 2 is 1.85 bits per heavy atom. The van der Waals surface area contributed by atoms with Gasteiger partial charge in [-0.3, -0.25) is 0 Å². The average molecular weight is 275 g/mol. The van der Waals surface area contributed by atoms with Crippen LogP contribution < -0.4 is 5.32 Å². The molecule has 1 aliphatic rings. The van der Waals surface area contributed by atoms with Gasteiger partial charge in [0.15, 0.2) is 0 Å². The molecule has 1 fully saturated rings. The highest BCUT2D eigenvalue weighted by Gasteiger charge is 2.30. The van der Waals surface area contributed by atoms with Gasteiger partial charge in [-0.2, -0.15) is 0 Å². The highest BCUT2D eigenvalue weighted by molar-refractivity contribution is 5.24. The Labute approximate surface area is 123 Å². The van der Waals surface area contributed by atoms with Crippen LogP contribution >= 0.6 is 0 Å². The van der Waals surface area contributed by atoms with Crippen LogP contribution in [0.1, 0.15) is 69.5 Å². The van der Waals surface area contributed by atoms with E-state index < -0.39 is 5.60 Å². The van der Waals surface area contributed by atoms with Crippen molar-refractivity contribution in [2.24, 2.45) is 0 Å². The van der Waals surface area contributed by atoms with E-state index in [9.17, 15) is 5.11 Å². The molecule has 112 valence electrons. The molecule has 1 aromatic rings. The molecule has 2 N–H and O–H groups in total. The van der Waals surface area contributed by atoms with Gasteiger partial charge in [-0.05, 0) is 43.7 Å². The zero-order valence-corrected chi connectivity index (χ0v) is 13.0. The summed E-state index contributed by atoms with van der Waals surface area (Å²) in [5.41, 5.74) is 2.28. The summed E-state index contributed by atoms with van der Waals surface area (Å²) in [5, 5.41) is 13.9. The van der Waals surface area contributed by atoms with E-state index in [0.29, 0.717) is 12.6 Å². The maximum atomic E-state index is 10.4. The Bertz CT molecular complexity index is 392. The van der Waals surface area contributed by atoms with Crippen LogP contribution in [0.2, 0.25) is 0 Å². The number of unbranched alkanes of at least 4 members (excludes halogenated alkanes) is 1. The van der Waals surface area contributed by atoms with Gasteiger partial charge in [0.1, 0.15) is 0 Å². The van der Waals surface area contributed by atoms with Crippen molar-refractivity contribution in [3.63, 3.8) is 0 Å². The predicted molar refractivity (Wildman–Crippen MR) is 84.9 cm³/mol. The Morgan fingerprint density at radius 1 is 1.20 bits per heavy atom. The first-order valence-electron chi connectivity index (χ1n) is 8.17. The number of aryl methyl sites for hydroxylation is 1. The van der Waals surface area contributed by atoms with Crippen molar-refractivity contribution in [1.29, 1.82) is 0 Å². The summed E-state index contributed by atoms with van der Waals surface area (Å²) in [7, 11) is 0. The highest BCUT2D eigenvalue weighted by atomic mass is 16.3. The summed E-state index contributed by atoms with van der Waals surface area (Å²) in [6, 6.07) is 9.24. The fourth-order valence-corrected chi connectivity index (χ4v) is 3.02. The molecule has 2 rings (SSSR count). The van der Waals surface area contributed by atoms with Crippen molar-refractivity contribution >= 4 is 0 Å². The molecule has 1 aromatic carbocycles. The molecular weight excluding hydrogens is 246 g/mol. The fourth-order valence-electron chi connectivity index (χ4n) is 3.02. The summed E-state index contributed by atoms with van der Waals surface area (Å²) >= 11 is 0. The van der Waals surface area contributed by atoms with Crippen molar-refractivity contribution in [1.82, 2.24) is 5.32 Å². The van der Waals surface area contributed by atoms with Gasteiger partial charge in [-0.1, -0.05) is 50.5 Å². The number of benzene rings is 1. The van der Waals surface area contributed by atoms with Crippen LogP contribution in [-0.4, -0.2) is 17.3 Å². The molecule has 0 aliphatic heterocycles. The molecule has 0 bridgehead atoms. The predicted octanol–water partition coefficient (Wildman–Crippen LogP) is 3.98. The maximum absolute atomic E-state index is 10.4. The molecule has 0 radical (unpaired) electrons. The molecule has 2 heteroatoms. The minimum Gasteiger partial charge on any atom is -0.389 e. The van der Waals surface area contributed by atoms with E-state index in [4.69, 9.17) is 0 Å². The van der Waals surface area contributed by atoms with Gasteiger partial charge in [0, 0.05) is 12.6 Å². The lowest BCUT2D eigenvalue weighted by Gasteiger charge is -2.25. The van der Waals surface area contributed by atoms with Gasteiger partial charge in [0.2, 0.25) is 0 Å². The van der Waals surface area contributed by atoms with E-state index in [2.05, 4.69) is 43.4 Å². The Morgan fingerprint density at radius 3 is 2.45 bits per heavy atom. The van der Waals surface area contributed by atoms with Crippen LogP contribution in [0, 0.1) is 0 Å². The minimum absolute atomic E-state index is 0.305. The van der Waals surface area contributed by atoms with Gasteiger partial charge in [0.25, 0.3) is 0 Å². The Hall–Kier alpha value is -0.860. The van der Waals surface area contributed by atoms with Crippen molar-refractivity contribution in [3.05, 3.63) is 35.4 Å². The fraction of sp³-hybridized carbons (Fsp3) is 0.667. The summed E-state index contributed by atoms with van der Waals surface area (Å²) < 4.78 is 0. The topological polar surface area (TPSA) is 32.3 Å². The monoisotopic (exact) mass is 275 g/mol. The molecule has 20 heavy (non-hydrogen) atoms. The zero-order valence-electron chi connectivity index (χ0n) is 13.0. The Kier molecular flexibility index (Phi) is 5.62. The summed E-state index contributed by atoms with van der Waals surface area (Å²) in [5.74, 6) is 0. The minimum atomic E-state index is -0.463. The quantitative estimate of drug-likeness (QED) is 0.788. The van der Waals surface area contributed by atoms with Gasteiger partial charge >= 0.3 is 0 Å². The van der Waals surface area contributed by atoms with Gasteiger partial charge < -0.3 is 10.4 Å². The summed E-state index contributed by atoms with van der Waals surface area (Å²) in [6.45, 7) is 5.12. The zero-order chi connectivity index (χ0) is 14.4. The second kappa shape index (κ2) is 7.24. The van der Waals surface area contributed by atoms with E-state index >= 15 is 0 Å². The molecule has 1 atom stereocenters. The lowest BCUT2D eigenvalue weighted by molar-refractivity contribution is 0.0453. The molecule has 1 saturated carbocycles. The third-order valence-electron chi connectivity index (χ3n) is 4.57. The van der Waals surface area contributed by atoms with E-state index in [-0.39, 0.29) is 0 Å². The number of nitrogens with one attached hydrogen (secondary N) is 1. The maximum Gasteiger partial charge on any atom is 0.0771 e.